The Morgan fingerprint density at radius 2 is 2.00 bits per heavy atom. The van der Waals surface area contributed by atoms with Gasteiger partial charge in [0.15, 0.2) is 0 Å². The summed E-state index contributed by atoms with van der Waals surface area (Å²) in [6, 6.07) is 4.37. The number of rotatable bonds is 6. The Labute approximate surface area is 119 Å². The molecule has 0 radical (unpaired) electrons. The molecular weight excluding hydrogens is 260 g/mol. The summed E-state index contributed by atoms with van der Waals surface area (Å²) < 4.78 is 0. The van der Waals surface area contributed by atoms with E-state index in [1.54, 1.807) is 0 Å². The predicted molar refractivity (Wildman–Crippen MR) is 82.7 cm³/mol. The van der Waals surface area contributed by atoms with Crippen molar-refractivity contribution in [3.8, 4) is 0 Å². The van der Waals surface area contributed by atoms with Gasteiger partial charge in [-0.15, -0.1) is 11.3 Å². The second-order valence-corrected chi connectivity index (χ2v) is 7.76. The molecule has 18 heavy (non-hydrogen) atoms. The zero-order valence-electron chi connectivity index (χ0n) is 11.2. The summed E-state index contributed by atoms with van der Waals surface area (Å²) in [6.45, 7) is 2.19. The van der Waals surface area contributed by atoms with Crippen LogP contribution in [0.3, 0.4) is 0 Å². The maximum Gasteiger partial charge on any atom is 0.0678 e. The normalized spacial score (nSPS) is 19.0. The fourth-order valence-corrected chi connectivity index (χ4v) is 4.80. The van der Waals surface area contributed by atoms with Gasteiger partial charge in [0.25, 0.3) is 0 Å². The average Bonchev–Trinajstić information content (AvgIpc) is 2.85. The monoisotopic (exact) mass is 284 g/mol. The van der Waals surface area contributed by atoms with Crippen molar-refractivity contribution < 1.29 is 5.11 Å². The van der Waals surface area contributed by atoms with Crippen molar-refractivity contribution >= 4 is 23.1 Å². The number of thioether (sulfide) groups is 1. The van der Waals surface area contributed by atoms with Crippen molar-refractivity contribution in [2.24, 2.45) is 0 Å². The van der Waals surface area contributed by atoms with Gasteiger partial charge in [-0.3, -0.25) is 0 Å². The number of thiophene rings is 1. The fraction of sp³-hybridized carbons (Fsp3) is 0.733. The summed E-state index contributed by atoms with van der Waals surface area (Å²) in [6.07, 6.45) is 8.68. The molecule has 1 fully saturated rings. The molecule has 102 valence electrons. The van der Waals surface area contributed by atoms with Gasteiger partial charge in [-0.25, -0.2) is 0 Å². The highest BCUT2D eigenvalue weighted by atomic mass is 32.2. The number of hydrogen-bond acceptors (Lipinski definition) is 3. The molecule has 0 saturated heterocycles. The molecule has 1 N–H and O–H groups in total. The first-order chi connectivity index (χ1) is 8.78. The Morgan fingerprint density at radius 1 is 1.28 bits per heavy atom. The van der Waals surface area contributed by atoms with Crippen molar-refractivity contribution in [3.63, 3.8) is 0 Å². The highest BCUT2D eigenvalue weighted by Gasteiger charge is 2.16. The minimum absolute atomic E-state index is 0.166. The Morgan fingerprint density at radius 3 is 2.67 bits per heavy atom. The molecule has 0 spiro atoms. The van der Waals surface area contributed by atoms with E-state index < -0.39 is 0 Å². The molecule has 1 aromatic heterocycles. The minimum Gasteiger partial charge on any atom is -0.392 e. The van der Waals surface area contributed by atoms with Crippen molar-refractivity contribution in [1.82, 2.24) is 0 Å². The Bertz CT molecular complexity index is 342. The van der Waals surface area contributed by atoms with Crippen LogP contribution in [0.5, 0.6) is 0 Å². The SMILES string of the molecule is CCc1ccc(CC(O)CSC2CCCCC2)s1. The number of aliphatic hydroxyl groups excluding tert-OH is 1. The second kappa shape index (κ2) is 7.56. The summed E-state index contributed by atoms with van der Waals surface area (Å²) in [4.78, 5) is 2.76. The van der Waals surface area contributed by atoms with Crippen LogP contribution in [0.4, 0.5) is 0 Å². The fourth-order valence-electron chi connectivity index (χ4n) is 2.49. The minimum atomic E-state index is -0.166. The molecule has 1 atom stereocenters. The summed E-state index contributed by atoms with van der Waals surface area (Å²) in [7, 11) is 0. The van der Waals surface area contributed by atoms with Gasteiger partial charge in [0.05, 0.1) is 6.10 Å². The largest absolute Gasteiger partial charge is 0.392 e. The topological polar surface area (TPSA) is 20.2 Å². The highest BCUT2D eigenvalue weighted by molar-refractivity contribution is 7.99. The third kappa shape index (κ3) is 4.60. The summed E-state index contributed by atoms with van der Waals surface area (Å²) in [5, 5.41) is 10.9. The summed E-state index contributed by atoms with van der Waals surface area (Å²) in [5.74, 6) is 0.907. The van der Waals surface area contributed by atoms with E-state index >= 15 is 0 Å². The molecule has 0 amide bonds. The molecule has 1 heterocycles. The van der Waals surface area contributed by atoms with E-state index in [2.05, 4.69) is 19.1 Å². The third-order valence-corrected chi connectivity index (χ3v) is 6.35. The molecule has 0 bridgehead atoms. The first-order valence-corrected chi connectivity index (χ1v) is 9.01. The molecule has 1 unspecified atom stereocenters. The quantitative estimate of drug-likeness (QED) is 0.841. The number of hydrogen-bond donors (Lipinski definition) is 1. The van der Waals surface area contributed by atoms with Crippen LogP contribution in [0.25, 0.3) is 0 Å². The van der Waals surface area contributed by atoms with E-state index in [0.29, 0.717) is 0 Å². The van der Waals surface area contributed by atoms with E-state index in [1.807, 2.05) is 23.1 Å². The lowest BCUT2D eigenvalue weighted by Gasteiger charge is -2.22. The Hall–Kier alpha value is 0.01000. The van der Waals surface area contributed by atoms with Crippen LogP contribution in [0, 0.1) is 0 Å². The maximum atomic E-state index is 10.1. The van der Waals surface area contributed by atoms with Crippen LogP contribution in [-0.4, -0.2) is 22.2 Å². The maximum absolute atomic E-state index is 10.1. The van der Waals surface area contributed by atoms with Gasteiger partial charge in [0, 0.05) is 27.2 Å². The molecule has 1 aliphatic carbocycles. The molecule has 1 nitrogen and oxygen atoms in total. The van der Waals surface area contributed by atoms with E-state index in [4.69, 9.17) is 0 Å². The molecule has 1 aromatic rings. The smallest absolute Gasteiger partial charge is 0.0678 e. The lowest BCUT2D eigenvalue weighted by molar-refractivity contribution is 0.201. The van der Waals surface area contributed by atoms with Crippen LogP contribution in [0.1, 0.15) is 48.8 Å². The molecule has 2 rings (SSSR count). The molecule has 1 saturated carbocycles. The average molecular weight is 284 g/mol. The first kappa shape index (κ1) is 14.4. The van der Waals surface area contributed by atoms with E-state index in [-0.39, 0.29) is 6.10 Å². The number of aliphatic hydroxyl groups is 1. The van der Waals surface area contributed by atoms with Gasteiger partial charge in [-0.1, -0.05) is 26.2 Å². The van der Waals surface area contributed by atoms with Crippen molar-refractivity contribution in [2.75, 3.05) is 5.75 Å². The van der Waals surface area contributed by atoms with Crippen LogP contribution >= 0.6 is 23.1 Å². The van der Waals surface area contributed by atoms with Gasteiger partial charge in [-0.2, -0.15) is 11.8 Å². The van der Waals surface area contributed by atoms with Crippen molar-refractivity contribution in [2.45, 2.75) is 63.2 Å². The van der Waals surface area contributed by atoms with Gasteiger partial charge < -0.3 is 5.11 Å². The van der Waals surface area contributed by atoms with Crippen LogP contribution in [0.2, 0.25) is 0 Å². The zero-order chi connectivity index (χ0) is 12.8. The van der Waals surface area contributed by atoms with Crippen LogP contribution < -0.4 is 0 Å². The zero-order valence-corrected chi connectivity index (χ0v) is 12.9. The molecule has 1 aliphatic rings. The molecular formula is C15H24OS2. The van der Waals surface area contributed by atoms with E-state index in [0.717, 1.165) is 23.8 Å². The lowest BCUT2D eigenvalue weighted by Crippen LogP contribution is -2.17. The van der Waals surface area contributed by atoms with Crippen molar-refractivity contribution in [3.05, 3.63) is 21.9 Å². The van der Waals surface area contributed by atoms with Crippen LogP contribution in [0.15, 0.2) is 12.1 Å². The molecule has 3 heteroatoms. The molecule has 0 aliphatic heterocycles. The highest BCUT2D eigenvalue weighted by Crippen LogP contribution is 2.29. The predicted octanol–water partition coefficient (Wildman–Crippen LogP) is 4.28. The van der Waals surface area contributed by atoms with E-state index in [9.17, 15) is 5.11 Å². The van der Waals surface area contributed by atoms with E-state index in [1.165, 1.54) is 41.9 Å². The van der Waals surface area contributed by atoms with Crippen LogP contribution in [-0.2, 0) is 12.8 Å². The third-order valence-electron chi connectivity index (χ3n) is 3.58. The Kier molecular flexibility index (Phi) is 6.06. The Balaban J connectivity index is 1.69. The number of aryl methyl sites for hydroxylation is 1. The molecule has 0 aromatic carbocycles. The van der Waals surface area contributed by atoms with Gasteiger partial charge >= 0.3 is 0 Å². The second-order valence-electron chi connectivity index (χ2n) is 5.17. The van der Waals surface area contributed by atoms with Gasteiger partial charge in [0.1, 0.15) is 0 Å². The summed E-state index contributed by atoms with van der Waals surface area (Å²) >= 11 is 3.85. The van der Waals surface area contributed by atoms with Crippen molar-refractivity contribution in [1.29, 1.82) is 0 Å². The van der Waals surface area contributed by atoms with Gasteiger partial charge in [0.2, 0.25) is 0 Å². The lowest BCUT2D eigenvalue weighted by atomic mass is 10.0. The summed E-state index contributed by atoms with van der Waals surface area (Å²) in [5.41, 5.74) is 0. The first-order valence-electron chi connectivity index (χ1n) is 7.15. The standard InChI is InChI=1S/C15H24OS2/c1-2-13-8-9-15(18-13)10-12(16)11-17-14-6-4-3-5-7-14/h8-9,12,14,16H,2-7,10-11H2,1H3. The van der Waals surface area contributed by atoms with Gasteiger partial charge in [-0.05, 0) is 31.4 Å².